The van der Waals surface area contributed by atoms with E-state index in [9.17, 15) is 8.78 Å². The first-order valence-corrected chi connectivity index (χ1v) is 3.91. The third-order valence-corrected chi connectivity index (χ3v) is 1.66. The fourth-order valence-corrected chi connectivity index (χ4v) is 1.09. The second-order valence-electron chi connectivity index (χ2n) is 2.47. The van der Waals surface area contributed by atoms with Gasteiger partial charge in [-0.1, -0.05) is 0 Å². The molecule has 0 radical (unpaired) electrons. The van der Waals surface area contributed by atoms with Gasteiger partial charge in [0.2, 0.25) is 5.95 Å². The highest BCUT2D eigenvalue weighted by Crippen LogP contribution is 2.17. The molecule has 7 heteroatoms. The van der Waals surface area contributed by atoms with Crippen LogP contribution in [-0.4, -0.2) is 20.7 Å². The number of aromatic nitrogens is 3. The molecule has 12 heavy (non-hydrogen) atoms. The highest BCUT2D eigenvalue weighted by atomic mass is 79.9. The minimum Gasteiger partial charge on any atom is -0.366 e. The maximum Gasteiger partial charge on any atom is 0.264 e. The third kappa shape index (κ3) is 2.40. The summed E-state index contributed by atoms with van der Waals surface area (Å²) >= 11 is 2.95. The summed E-state index contributed by atoms with van der Waals surface area (Å²) in [6, 6.07) is 0. The van der Waals surface area contributed by atoms with Crippen LogP contribution in [0.4, 0.5) is 14.7 Å². The van der Waals surface area contributed by atoms with Crippen molar-refractivity contribution in [2.75, 3.05) is 5.73 Å². The summed E-state index contributed by atoms with van der Waals surface area (Å²) in [5.41, 5.74) is 5.18. The average molecular weight is 241 g/mol. The van der Waals surface area contributed by atoms with Gasteiger partial charge in [0.1, 0.15) is 6.54 Å². The largest absolute Gasteiger partial charge is 0.366 e. The smallest absolute Gasteiger partial charge is 0.264 e. The van der Waals surface area contributed by atoms with E-state index in [1.807, 2.05) is 0 Å². The Morgan fingerprint density at radius 3 is 2.58 bits per heavy atom. The summed E-state index contributed by atoms with van der Waals surface area (Å²) in [6.45, 7) is 0.273. The molecule has 0 bridgehead atoms. The van der Waals surface area contributed by atoms with Crippen LogP contribution >= 0.6 is 15.9 Å². The molecule has 1 heterocycles. The summed E-state index contributed by atoms with van der Waals surface area (Å²) in [5, 5.41) is 3.55. The van der Waals surface area contributed by atoms with Crippen molar-refractivity contribution in [3.05, 3.63) is 4.73 Å². The van der Waals surface area contributed by atoms with Crippen molar-refractivity contribution in [1.82, 2.24) is 14.8 Å². The molecule has 0 amide bonds. The molecule has 1 rings (SSSR count). The Labute approximate surface area is 75.9 Å². The van der Waals surface area contributed by atoms with E-state index < -0.39 is 12.5 Å². The van der Waals surface area contributed by atoms with Crippen LogP contribution in [0.15, 0.2) is 4.73 Å². The quantitative estimate of drug-likeness (QED) is 0.848. The Hall–Kier alpha value is -0.720. The lowest BCUT2D eigenvalue weighted by molar-refractivity contribution is -0.000117. The molecule has 1 aromatic heterocycles. The van der Waals surface area contributed by atoms with Crippen molar-refractivity contribution in [1.29, 1.82) is 0 Å². The molecular weight excluding hydrogens is 234 g/mol. The number of alkyl halides is 2. The second-order valence-corrected chi connectivity index (χ2v) is 3.18. The zero-order valence-electron chi connectivity index (χ0n) is 6.26. The minimum absolute atomic E-state index is 0.0221. The number of rotatable bonds is 2. The summed E-state index contributed by atoms with van der Waals surface area (Å²) in [4.78, 5) is 3.61. The molecule has 0 aromatic carbocycles. The van der Waals surface area contributed by atoms with Crippen molar-refractivity contribution in [2.45, 2.75) is 19.4 Å². The van der Waals surface area contributed by atoms with Crippen molar-refractivity contribution in [3.63, 3.8) is 0 Å². The van der Waals surface area contributed by atoms with Crippen molar-refractivity contribution in [3.8, 4) is 0 Å². The van der Waals surface area contributed by atoms with Crippen LogP contribution in [0.1, 0.15) is 6.92 Å². The van der Waals surface area contributed by atoms with Crippen LogP contribution in [0.3, 0.4) is 0 Å². The number of halogens is 3. The van der Waals surface area contributed by atoms with Gasteiger partial charge in [0.25, 0.3) is 5.92 Å². The molecule has 0 aliphatic carbocycles. The number of nitrogens with zero attached hydrogens (tertiary/aromatic N) is 3. The van der Waals surface area contributed by atoms with Crippen molar-refractivity contribution < 1.29 is 8.78 Å². The zero-order valence-corrected chi connectivity index (χ0v) is 7.85. The highest BCUT2D eigenvalue weighted by Gasteiger charge is 2.24. The predicted molar refractivity (Wildman–Crippen MR) is 42.8 cm³/mol. The third-order valence-electron chi connectivity index (χ3n) is 1.07. The van der Waals surface area contributed by atoms with E-state index >= 15 is 0 Å². The van der Waals surface area contributed by atoms with Crippen LogP contribution in [-0.2, 0) is 6.54 Å². The minimum atomic E-state index is -2.82. The van der Waals surface area contributed by atoms with E-state index in [4.69, 9.17) is 5.73 Å². The van der Waals surface area contributed by atoms with Gasteiger partial charge in [-0.15, -0.1) is 5.10 Å². The van der Waals surface area contributed by atoms with E-state index in [-0.39, 0.29) is 10.7 Å². The van der Waals surface area contributed by atoms with Gasteiger partial charge in [-0.25, -0.2) is 13.5 Å². The lowest BCUT2D eigenvalue weighted by Gasteiger charge is -2.09. The normalized spacial score (nSPS) is 12.0. The predicted octanol–water partition coefficient (Wildman–Crippen LogP) is 1.28. The molecule has 4 nitrogen and oxygen atoms in total. The van der Waals surface area contributed by atoms with Crippen LogP contribution in [0.5, 0.6) is 0 Å². The van der Waals surface area contributed by atoms with E-state index in [0.29, 0.717) is 0 Å². The first-order valence-electron chi connectivity index (χ1n) is 3.12. The van der Waals surface area contributed by atoms with Crippen molar-refractivity contribution >= 4 is 21.9 Å². The van der Waals surface area contributed by atoms with Crippen LogP contribution < -0.4 is 5.73 Å². The number of hydrogen-bond acceptors (Lipinski definition) is 3. The van der Waals surface area contributed by atoms with E-state index in [1.54, 1.807) is 0 Å². The van der Waals surface area contributed by atoms with Gasteiger partial charge in [-0.3, -0.25) is 0 Å². The van der Waals surface area contributed by atoms with Gasteiger partial charge in [-0.2, -0.15) is 4.98 Å². The van der Waals surface area contributed by atoms with Gasteiger partial charge in [0.05, 0.1) is 0 Å². The fourth-order valence-electron chi connectivity index (χ4n) is 0.703. The molecule has 1 aromatic rings. The summed E-state index contributed by atoms with van der Waals surface area (Å²) in [6.07, 6.45) is 0. The van der Waals surface area contributed by atoms with E-state index in [2.05, 4.69) is 26.0 Å². The van der Waals surface area contributed by atoms with Crippen LogP contribution in [0.25, 0.3) is 0 Å². The molecule has 0 saturated carbocycles. The Morgan fingerprint density at radius 2 is 2.25 bits per heavy atom. The fraction of sp³-hybridized carbons (Fsp3) is 0.600. The Balaban J connectivity index is 2.82. The van der Waals surface area contributed by atoms with Crippen molar-refractivity contribution in [2.24, 2.45) is 0 Å². The second kappa shape index (κ2) is 2.96. The molecule has 0 fully saturated rings. The molecule has 68 valence electrons. The first kappa shape index (κ1) is 9.37. The summed E-state index contributed by atoms with van der Waals surface area (Å²) in [5.74, 6) is -2.84. The maximum absolute atomic E-state index is 12.4. The molecule has 0 atom stereocenters. The summed E-state index contributed by atoms with van der Waals surface area (Å²) in [7, 11) is 0. The van der Waals surface area contributed by atoms with Crippen LogP contribution in [0.2, 0.25) is 0 Å². The van der Waals surface area contributed by atoms with E-state index in [0.717, 1.165) is 11.6 Å². The molecule has 0 unspecified atom stereocenters. The monoisotopic (exact) mass is 240 g/mol. The average Bonchev–Trinajstić information content (AvgIpc) is 2.06. The molecule has 0 aliphatic rings. The van der Waals surface area contributed by atoms with Gasteiger partial charge in [-0.05, 0) is 15.9 Å². The lowest BCUT2D eigenvalue weighted by atomic mass is 10.4. The maximum atomic E-state index is 12.4. The molecule has 2 N–H and O–H groups in total. The van der Waals surface area contributed by atoms with Gasteiger partial charge >= 0.3 is 0 Å². The number of nitrogens with two attached hydrogens (primary N) is 1. The highest BCUT2D eigenvalue weighted by molar-refractivity contribution is 9.10. The van der Waals surface area contributed by atoms with Gasteiger partial charge in [0, 0.05) is 6.92 Å². The number of hydrogen-bond donors (Lipinski definition) is 1. The molecule has 0 aliphatic heterocycles. The Kier molecular flexibility index (Phi) is 2.31. The molecule has 0 spiro atoms. The van der Waals surface area contributed by atoms with Crippen LogP contribution in [0, 0.1) is 0 Å². The zero-order chi connectivity index (χ0) is 9.35. The molecule has 0 saturated heterocycles. The molecular formula is C5H7BrF2N4. The number of anilines is 1. The topological polar surface area (TPSA) is 56.7 Å². The first-order chi connectivity index (χ1) is 5.38. The van der Waals surface area contributed by atoms with Gasteiger partial charge in [0.15, 0.2) is 4.73 Å². The SMILES string of the molecule is CC(F)(F)Cn1nc(N)nc1Br. The lowest BCUT2D eigenvalue weighted by Crippen LogP contribution is -2.20. The summed E-state index contributed by atoms with van der Waals surface area (Å²) < 4.78 is 26.1. The standard InChI is InChI=1S/C5H7BrF2N4/c1-5(7,8)2-12-3(6)10-4(9)11-12/h2H2,1H3,(H2,9,11). The Bertz CT molecular complexity index is 279. The van der Waals surface area contributed by atoms with E-state index in [1.165, 1.54) is 0 Å². The number of nitrogen functional groups attached to an aromatic ring is 1. The Morgan fingerprint density at radius 1 is 1.67 bits per heavy atom. The van der Waals surface area contributed by atoms with Gasteiger partial charge < -0.3 is 5.73 Å².